The van der Waals surface area contributed by atoms with E-state index >= 15 is 0 Å². The van der Waals surface area contributed by atoms with Crippen molar-refractivity contribution in [2.45, 2.75) is 6.92 Å². The molecule has 0 atom stereocenters. The van der Waals surface area contributed by atoms with Gasteiger partial charge in [0.05, 0.1) is 4.92 Å². The lowest BCUT2D eigenvalue weighted by Gasteiger charge is -2.16. The first-order chi connectivity index (χ1) is 13.0. The Hall–Kier alpha value is -3.42. The zero-order valence-electron chi connectivity index (χ0n) is 14.7. The minimum Gasteiger partial charge on any atom is -0.484 e. The third-order valence-electron chi connectivity index (χ3n) is 3.74. The van der Waals surface area contributed by atoms with Gasteiger partial charge in [-0.3, -0.25) is 15.0 Å². The SMILES string of the molecule is CCN(C(=O)O)c1ccc(/C=C/c2ccc([N+](=O)[O-])c(OCCF)c2)cc1. The van der Waals surface area contributed by atoms with Crippen molar-refractivity contribution in [2.24, 2.45) is 0 Å². The highest BCUT2D eigenvalue weighted by Gasteiger charge is 2.15. The molecule has 27 heavy (non-hydrogen) atoms. The van der Waals surface area contributed by atoms with Crippen LogP contribution in [0.4, 0.5) is 20.6 Å². The molecular formula is C19H19FN2O5. The molecule has 0 bridgehead atoms. The largest absolute Gasteiger partial charge is 0.484 e. The summed E-state index contributed by atoms with van der Waals surface area (Å²) in [5.41, 5.74) is 1.82. The molecule has 0 fully saturated rings. The highest BCUT2D eigenvalue weighted by Crippen LogP contribution is 2.29. The number of alkyl halides is 1. The van der Waals surface area contributed by atoms with Crippen molar-refractivity contribution in [2.75, 3.05) is 24.7 Å². The predicted octanol–water partition coefficient (Wildman–Crippen LogP) is 4.62. The molecule has 1 amide bonds. The quantitative estimate of drug-likeness (QED) is 0.413. The first-order valence-electron chi connectivity index (χ1n) is 8.22. The predicted molar refractivity (Wildman–Crippen MR) is 101 cm³/mol. The normalized spacial score (nSPS) is 10.7. The van der Waals surface area contributed by atoms with Crippen molar-refractivity contribution in [3.8, 4) is 5.75 Å². The van der Waals surface area contributed by atoms with Crippen LogP contribution < -0.4 is 9.64 Å². The minimum absolute atomic E-state index is 0.00944. The van der Waals surface area contributed by atoms with Gasteiger partial charge in [-0.1, -0.05) is 24.3 Å². The number of halogens is 1. The monoisotopic (exact) mass is 374 g/mol. The van der Waals surface area contributed by atoms with Crippen LogP contribution >= 0.6 is 0 Å². The van der Waals surface area contributed by atoms with Gasteiger partial charge >= 0.3 is 11.8 Å². The Morgan fingerprint density at radius 2 is 1.85 bits per heavy atom. The number of rotatable bonds is 8. The van der Waals surface area contributed by atoms with Crippen LogP contribution in [0.1, 0.15) is 18.1 Å². The molecule has 7 nitrogen and oxygen atoms in total. The molecule has 0 unspecified atom stereocenters. The third-order valence-corrected chi connectivity index (χ3v) is 3.74. The van der Waals surface area contributed by atoms with E-state index in [1.54, 1.807) is 49.4 Å². The van der Waals surface area contributed by atoms with Gasteiger partial charge in [-0.2, -0.15) is 0 Å². The van der Waals surface area contributed by atoms with Crippen molar-refractivity contribution in [1.29, 1.82) is 0 Å². The van der Waals surface area contributed by atoms with Crippen LogP contribution in [-0.4, -0.2) is 35.9 Å². The lowest BCUT2D eigenvalue weighted by atomic mass is 10.1. The van der Waals surface area contributed by atoms with E-state index in [9.17, 15) is 19.3 Å². The Morgan fingerprint density at radius 1 is 1.22 bits per heavy atom. The van der Waals surface area contributed by atoms with Gasteiger partial charge in [0.1, 0.15) is 13.3 Å². The molecule has 0 spiro atoms. The molecule has 2 aromatic carbocycles. The number of nitro groups is 1. The number of anilines is 1. The van der Waals surface area contributed by atoms with Gasteiger partial charge in [0.15, 0.2) is 5.75 Å². The number of nitro benzene ring substituents is 1. The van der Waals surface area contributed by atoms with Crippen LogP contribution in [0.3, 0.4) is 0 Å². The van der Waals surface area contributed by atoms with E-state index in [0.717, 1.165) is 5.56 Å². The van der Waals surface area contributed by atoms with Crippen LogP contribution in [0.5, 0.6) is 5.75 Å². The lowest BCUT2D eigenvalue weighted by molar-refractivity contribution is -0.385. The average Bonchev–Trinajstić information content (AvgIpc) is 2.65. The molecule has 2 aromatic rings. The number of nitrogens with zero attached hydrogens (tertiary/aromatic N) is 2. The van der Waals surface area contributed by atoms with Crippen molar-refractivity contribution < 1.29 is 24.0 Å². The van der Waals surface area contributed by atoms with Crippen molar-refractivity contribution in [1.82, 2.24) is 0 Å². The maximum atomic E-state index is 12.3. The zero-order valence-corrected chi connectivity index (χ0v) is 14.7. The van der Waals surface area contributed by atoms with Gasteiger partial charge in [-0.05, 0) is 42.3 Å². The average molecular weight is 374 g/mol. The fourth-order valence-corrected chi connectivity index (χ4v) is 2.44. The van der Waals surface area contributed by atoms with Crippen LogP contribution in [0.2, 0.25) is 0 Å². The summed E-state index contributed by atoms with van der Waals surface area (Å²) in [5.74, 6) is 0.00944. The molecule has 0 aliphatic rings. The van der Waals surface area contributed by atoms with Crippen LogP contribution in [0.25, 0.3) is 12.2 Å². The van der Waals surface area contributed by atoms with Gasteiger partial charge < -0.3 is 9.84 Å². The van der Waals surface area contributed by atoms with E-state index in [2.05, 4.69) is 0 Å². The highest BCUT2D eigenvalue weighted by atomic mass is 19.1. The molecule has 0 saturated carbocycles. The molecule has 0 aromatic heterocycles. The van der Waals surface area contributed by atoms with E-state index in [0.29, 0.717) is 17.8 Å². The van der Waals surface area contributed by atoms with Crippen LogP contribution in [0.15, 0.2) is 42.5 Å². The Labute approximate surface area is 155 Å². The smallest absolute Gasteiger partial charge is 0.411 e. The van der Waals surface area contributed by atoms with Gasteiger partial charge in [0.2, 0.25) is 0 Å². The standard InChI is InChI=1S/C19H19FN2O5/c1-2-21(19(23)24)16-8-5-14(6-9-16)3-4-15-7-10-17(22(25)26)18(13-15)27-12-11-20/h3-10,13H,2,11-12H2,1H3,(H,23,24)/b4-3+. The van der Waals surface area contributed by atoms with E-state index in [4.69, 9.17) is 9.84 Å². The molecule has 0 aliphatic heterocycles. The summed E-state index contributed by atoms with van der Waals surface area (Å²) in [6.45, 7) is 1.09. The lowest BCUT2D eigenvalue weighted by Crippen LogP contribution is -2.28. The van der Waals surface area contributed by atoms with E-state index < -0.39 is 17.7 Å². The van der Waals surface area contributed by atoms with Crippen molar-refractivity contribution in [3.05, 3.63) is 63.7 Å². The molecule has 0 saturated heterocycles. The summed E-state index contributed by atoms with van der Waals surface area (Å²) < 4.78 is 17.4. The topological polar surface area (TPSA) is 92.9 Å². The molecule has 0 radical (unpaired) electrons. The second-order valence-electron chi connectivity index (χ2n) is 5.47. The number of hydrogen-bond donors (Lipinski definition) is 1. The Balaban J connectivity index is 2.19. The number of carbonyl (C=O) groups is 1. The van der Waals surface area contributed by atoms with E-state index in [1.165, 1.54) is 17.0 Å². The third kappa shape index (κ3) is 5.27. The first-order valence-corrected chi connectivity index (χ1v) is 8.22. The Kier molecular flexibility index (Phi) is 6.87. The number of carboxylic acid groups (broad SMARTS) is 1. The summed E-state index contributed by atoms with van der Waals surface area (Å²) in [6.07, 6.45) is 2.49. The Morgan fingerprint density at radius 3 is 2.41 bits per heavy atom. The van der Waals surface area contributed by atoms with E-state index in [-0.39, 0.29) is 18.0 Å². The minimum atomic E-state index is -1.02. The number of benzene rings is 2. The number of amides is 1. The van der Waals surface area contributed by atoms with Gasteiger partial charge in [0, 0.05) is 18.3 Å². The van der Waals surface area contributed by atoms with Crippen LogP contribution in [0, 0.1) is 10.1 Å². The second-order valence-corrected chi connectivity index (χ2v) is 5.47. The molecule has 0 aliphatic carbocycles. The second kappa shape index (κ2) is 9.33. The number of ether oxygens (including phenoxy) is 1. The molecule has 8 heteroatoms. The molecular weight excluding hydrogens is 355 g/mol. The fourth-order valence-electron chi connectivity index (χ4n) is 2.44. The molecule has 142 valence electrons. The summed E-state index contributed by atoms with van der Waals surface area (Å²) in [7, 11) is 0. The molecule has 2 rings (SSSR count). The maximum Gasteiger partial charge on any atom is 0.411 e. The molecule has 1 N–H and O–H groups in total. The maximum absolute atomic E-state index is 12.3. The fraction of sp³-hybridized carbons (Fsp3) is 0.211. The first kappa shape index (κ1) is 19.9. The summed E-state index contributed by atoms with van der Waals surface area (Å²) in [6, 6.07) is 11.3. The molecule has 0 heterocycles. The summed E-state index contributed by atoms with van der Waals surface area (Å²) in [4.78, 5) is 22.8. The van der Waals surface area contributed by atoms with Gasteiger partial charge in [-0.25, -0.2) is 9.18 Å². The summed E-state index contributed by atoms with van der Waals surface area (Å²) in [5, 5.41) is 20.1. The van der Waals surface area contributed by atoms with Crippen molar-refractivity contribution in [3.63, 3.8) is 0 Å². The van der Waals surface area contributed by atoms with Crippen molar-refractivity contribution >= 4 is 29.6 Å². The highest BCUT2D eigenvalue weighted by molar-refractivity contribution is 5.86. The Bertz CT molecular complexity index is 836. The number of hydrogen-bond acceptors (Lipinski definition) is 4. The van der Waals surface area contributed by atoms with Crippen LogP contribution in [-0.2, 0) is 0 Å². The summed E-state index contributed by atoms with van der Waals surface area (Å²) >= 11 is 0. The van der Waals surface area contributed by atoms with Gasteiger partial charge in [-0.15, -0.1) is 0 Å². The van der Waals surface area contributed by atoms with E-state index in [1.807, 2.05) is 0 Å². The van der Waals surface area contributed by atoms with Gasteiger partial charge in [0.25, 0.3) is 0 Å². The zero-order chi connectivity index (χ0) is 19.8.